The van der Waals surface area contributed by atoms with Gasteiger partial charge in [0.15, 0.2) is 0 Å². The second-order valence-corrected chi connectivity index (χ2v) is 4.59. The smallest absolute Gasteiger partial charge is 0.0244 e. The van der Waals surface area contributed by atoms with Crippen LogP contribution in [0.4, 0.5) is 0 Å². The summed E-state index contributed by atoms with van der Waals surface area (Å²) in [5, 5.41) is 0. The van der Waals surface area contributed by atoms with Crippen molar-refractivity contribution in [2.75, 3.05) is 7.05 Å². The van der Waals surface area contributed by atoms with Gasteiger partial charge in [0.1, 0.15) is 0 Å². The highest BCUT2D eigenvalue weighted by Crippen LogP contribution is 2.28. The van der Waals surface area contributed by atoms with E-state index in [1.807, 2.05) is 13.8 Å². The van der Waals surface area contributed by atoms with Gasteiger partial charge in [-0.05, 0) is 31.5 Å². The van der Waals surface area contributed by atoms with Crippen LogP contribution in [0.2, 0.25) is 0 Å². The molecule has 0 saturated heterocycles. The summed E-state index contributed by atoms with van der Waals surface area (Å²) >= 11 is 3.57. The van der Waals surface area contributed by atoms with Gasteiger partial charge in [0, 0.05) is 17.1 Å². The Kier molecular flexibility index (Phi) is 5.34. The summed E-state index contributed by atoms with van der Waals surface area (Å²) in [6, 6.07) is 9.29. The van der Waals surface area contributed by atoms with E-state index in [9.17, 15) is 0 Å². The normalized spacial score (nSPS) is 14.7. The van der Waals surface area contributed by atoms with E-state index in [4.69, 9.17) is 0 Å². The molecule has 2 heteroatoms. The van der Waals surface area contributed by atoms with Gasteiger partial charge in [-0.1, -0.05) is 48.0 Å². The number of hydrogen-bond donors (Lipinski definition) is 0. The molecule has 0 aliphatic heterocycles. The standard InChI is InChI=1S/C11H14BrN.C2H6/c1-13(10-6-7-10)8-9-4-2-3-5-11(9)12;1-2/h2-5,10H,6-8H2,1H3;1-2H3. The molecule has 0 unspecified atom stereocenters. The minimum absolute atomic E-state index is 0.840. The summed E-state index contributed by atoms with van der Waals surface area (Å²) in [6.07, 6.45) is 2.75. The van der Waals surface area contributed by atoms with E-state index < -0.39 is 0 Å². The molecule has 0 amide bonds. The molecule has 0 radical (unpaired) electrons. The first-order valence-electron chi connectivity index (χ1n) is 5.71. The van der Waals surface area contributed by atoms with Crippen molar-refractivity contribution in [1.29, 1.82) is 0 Å². The van der Waals surface area contributed by atoms with Gasteiger partial charge in [0.05, 0.1) is 0 Å². The van der Waals surface area contributed by atoms with Crippen LogP contribution in [0.1, 0.15) is 32.3 Å². The van der Waals surface area contributed by atoms with Crippen LogP contribution in [-0.2, 0) is 6.54 Å². The van der Waals surface area contributed by atoms with Crippen LogP contribution in [0.5, 0.6) is 0 Å². The van der Waals surface area contributed by atoms with E-state index in [2.05, 4.69) is 52.1 Å². The highest BCUT2D eigenvalue weighted by molar-refractivity contribution is 9.10. The molecule has 0 bridgehead atoms. The lowest BCUT2D eigenvalue weighted by Gasteiger charge is -2.16. The van der Waals surface area contributed by atoms with Crippen molar-refractivity contribution in [3.8, 4) is 0 Å². The molecule has 1 aliphatic rings. The highest BCUT2D eigenvalue weighted by Gasteiger charge is 2.25. The Hall–Kier alpha value is -0.340. The Labute approximate surface area is 102 Å². The van der Waals surface area contributed by atoms with Gasteiger partial charge in [-0.3, -0.25) is 4.90 Å². The van der Waals surface area contributed by atoms with Gasteiger partial charge in [-0.2, -0.15) is 0 Å². The fourth-order valence-corrected chi connectivity index (χ4v) is 1.95. The Balaban J connectivity index is 0.000000531. The van der Waals surface area contributed by atoms with Gasteiger partial charge in [-0.25, -0.2) is 0 Å². The van der Waals surface area contributed by atoms with Crippen LogP contribution in [0.25, 0.3) is 0 Å². The lowest BCUT2D eigenvalue weighted by Crippen LogP contribution is -2.20. The van der Waals surface area contributed by atoms with E-state index in [-0.39, 0.29) is 0 Å². The third-order valence-electron chi connectivity index (χ3n) is 2.55. The second kappa shape index (κ2) is 6.29. The van der Waals surface area contributed by atoms with Crippen LogP contribution >= 0.6 is 15.9 Å². The predicted octanol–water partition coefficient (Wildman–Crippen LogP) is 4.07. The van der Waals surface area contributed by atoms with E-state index in [0.717, 1.165) is 12.6 Å². The molecule has 0 N–H and O–H groups in total. The maximum absolute atomic E-state index is 3.57. The van der Waals surface area contributed by atoms with Gasteiger partial charge in [0.2, 0.25) is 0 Å². The minimum Gasteiger partial charge on any atom is -0.299 e. The number of halogens is 1. The number of nitrogens with zero attached hydrogens (tertiary/aromatic N) is 1. The summed E-state index contributed by atoms with van der Waals surface area (Å²) in [7, 11) is 2.21. The summed E-state index contributed by atoms with van der Waals surface area (Å²) in [6.45, 7) is 5.06. The maximum Gasteiger partial charge on any atom is 0.0244 e. The van der Waals surface area contributed by atoms with Crippen molar-refractivity contribution in [2.45, 2.75) is 39.3 Å². The molecule has 2 rings (SSSR count). The molecule has 0 heterocycles. The second-order valence-electron chi connectivity index (χ2n) is 3.74. The van der Waals surface area contributed by atoms with Crippen LogP contribution < -0.4 is 0 Å². The zero-order valence-electron chi connectivity index (χ0n) is 9.83. The van der Waals surface area contributed by atoms with Gasteiger partial charge < -0.3 is 0 Å². The topological polar surface area (TPSA) is 3.24 Å². The summed E-state index contributed by atoms with van der Waals surface area (Å²) in [5.41, 5.74) is 1.39. The largest absolute Gasteiger partial charge is 0.299 e. The fraction of sp³-hybridized carbons (Fsp3) is 0.538. The minimum atomic E-state index is 0.840. The molecule has 0 atom stereocenters. The Morgan fingerprint density at radius 3 is 2.40 bits per heavy atom. The first-order chi connectivity index (χ1) is 7.27. The molecule has 15 heavy (non-hydrogen) atoms. The predicted molar refractivity (Wildman–Crippen MR) is 70.0 cm³/mol. The fourth-order valence-electron chi connectivity index (χ4n) is 1.54. The zero-order chi connectivity index (χ0) is 11.3. The number of hydrogen-bond acceptors (Lipinski definition) is 1. The lowest BCUT2D eigenvalue weighted by molar-refractivity contribution is 0.316. The van der Waals surface area contributed by atoms with E-state index in [1.54, 1.807) is 0 Å². The Bertz CT molecular complexity index is 294. The average molecular weight is 270 g/mol. The van der Waals surface area contributed by atoms with Gasteiger partial charge in [0.25, 0.3) is 0 Å². The van der Waals surface area contributed by atoms with E-state index in [1.165, 1.54) is 22.9 Å². The quantitative estimate of drug-likeness (QED) is 0.800. The molecule has 1 nitrogen and oxygen atoms in total. The van der Waals surface area contributed by atoms with E-state index >= 15 is 0 Å². The molecule has 1 saturated carbocycles. The number of benzene rings is 1. The third kappa shape index (κ3) is 3.96. The average Bonchev–Trinajstić information content (AvgIpc) is 3.08. The van der Waals surface area contributed by atoms with Crippen LogP contribution in [0.3, 0.4) is 0 Å². The van der Waals surface area contributed by atoms with Crippen molar-refractivity contribution in [3.63, 3.8) is 0 Å². The van der Waals surface area contributed by atoms with E-state index in [0.29, 0.717) is 0 Å². The number of rotatable bonds is 3. The van der Waals surface area contributed by atoms with Crippen molar-refractivity contribution >= 4 is 15.9 Å². The summed E-state index contributed by atoms with van der Waals surface area (Å²) in [5.74, 6) is 0. The lowest BCUT2D eigenvalue weighted by atomic mass is 10.2. The molecule has 1 aliphatic carbocycles. The van der Waals surface area contributed by atoms with Crippen molar-refractivity contribution in [2.24, 2.45) is 0 Å². The van der Waals surface area contributed by atoms with Crippen LogP contribution in [0.15, 0.2) is 28.7 Å². The monoisotopic (exact) mass is 269 g/mol. The molecular formula is C13H20BrN. The molecule has 1 aromatic carbocycles. The van der Waals surface area contributed by atoms with Crippen LogP contribution in [-0.4, -0.2) is 18.0 Å². The molecule has 1 fully saturated rings. The molecule has 0 spiro atoms. The van der Waals surface area contributed by atoms with Crippen molar-refractivity contribution < 1.29 is 0 Å². The molecule has 84 valence electrons. The van der Waals surface area contributed by atoms with Crippen molar-refractivity contribution in [1.82, 2.24) is 4.90 Å². The third-order valence-corrected chi connectivity index (χ3v) is 3.32. The highest BCUT2D eigenvalue weighted by atomic mass is 79.9. The first kappa shape index (κ1) is 12.7. The zero-order valence-corrected chi connectivity index (χ0v) is 11.4. The van der Waals surface area contributed by atoms with Gasteiger partial charge >= 0.3 is 0 Å². The van der Waals surface area contributed by atoms with Gasteiger partial charge in [-0.15, -0.1) is 0 Å². The molecule has 1 aromatic rings. The maximum atomic E-state index is 3.57. The molecular weight excluding hydrogens is 250 g/mol. The SMILES string of the molecule is CC.CN(Cc1ccccc1Br)C1CC1. The molecule has 0 aromatic heterocycles. The Morgan fingerprint density at radius 1 is 1.27 bits per heavy atom. The van der Waals surface area contributed by atoms with Crippen molar-refractivity contribution in [3.05, 3.63) is 34.3 Å². The Morgan fingerprint density at radius 2 is 1.87 bits per heavy atom. The summed E-state index contributed by atoms with van der Waals surface area (Å²) < 4.78 is 1.22. The first-order valence-corrected chi connectivity index (χ1v) is 6.50. The summed E-state index contributed by atoms with van der Waals surface area (Å²) in [4.78, 5) is 2.43. The van der Waals surface area contributed by atoms with Crippen LogP contribution in [0, 0.1) is 0 Å².